The van der Waals surface area contributed by atoms with Crippen LogP contribution in [0.5, 0.6) is 11.5 Å². The number of nitrogens with zero attached hydrogens (tertiary/aromatic N) is 2. The molecule has 2 aromatic carbocycles. The van der Waals surface area contributed by atoms with Gasteiger partial charge in [0.25, 0.3) is 5.91 Å². The molecule has 0 radical (unpaired) electrons. The van der Waals surface area contributed by atoms with Crippen LogP contribution < -0.4 is 15.4 Å². The number of amides is 1. The summed E-state index contributed by atoms with van der Waals surface area (Å²) >= 11 is 1.46. The van der Waals surface area contributed by atoms with Crippen LogP contribution in [-0.2, 0) is 4.79 Å². The van der Waals surface area contributed by atoms with Gasteiger partial charge in [0.05, 0.1) is 5.69 Å². The Kier molecular flexibility index (Phi) is 6.04. The van der Waals surface area contributed by atoms with E-state index in [2.05, 4.69) is 15.6 Å². The Hall–Kier alpha value is -3.63. The van der Waals surface area contributed by atoms with Gasteiger partial charge in [-0.2, -0.15) is 5.26 Å². The normalized spacial score (nSPS) is 10.8. The van der Waals surface area contributed by atoms with Crippen molar-refractivity contribution in [3.8, 4) is 17.6 Å². The number of carbonyl (C=O) groups excluding carboxylic acids is 1. The SMILES string of the molecule is Cc1nc(N/C=C(/C#N)C(=O)Nc2ccc(Oc3ccccc3)cc2)sc1C. The number of aryl methyl sites for hydroxylation is 2. The predicted molar refractivity (Wildman–Crippen MR) is 110 cm³/mol. The molecule has 0 aliphatic heterocycles. The van der Waals surface area contributed by atoms with Gasteiger partial charge in [0.1, 0.15) is 23.1 Å². The second-order valence-corrected chi connectivity index (χ2v) is 7.07. The van der Waals surface area contributed by atoms with Crippen molar-refractivity contribution in [3.63, 3.8) is 0 Å². The number of benzene rings is 2. The topological polar surface area (TPSA) is 87.0 Å². The summed E-state index contributed by atoms with van der Waals surface area (Å²) in [7, 11) is 0. The number of thiazole rings is 1. The zero-order valence-corrected chi connectivity index (χ0v) is 16.2. The van der Waals surface area contributed by atoms with Crippen molar-refractivity contribution in [1.82, 2.24) is 4.98 Å². The van der Waals surface area contributed by atoms with Crippen LogP contribution in [0.15, 0.2) is 66.4 Å². The molecule has 0 atom stereocenters. The van der Waals surface area contributed by atoms with Gasteiger partial charge in [0.15, 0.2) is 5.13 Å². The molecule has 6 nitrogen and oxygen atoms in total. The van der Waals surface area contributed by atoms with Crippen LogP contribution in [0.1, 0.15) is 10.6 Å². The van der Waals surface area contributed by atoms with Crippen molar-refractivity contribution in [2.45, 2.75) is 13.8 Å². The predicted octanol–water partition coefficient (Wildman–Crippen LogP) is 5.01. The van der Waals surface area contributed by atoms with E-state index in [1.54, 1.807) is 24.3 Å². The average Bonchev–Trinajstić information content (AvgIpc) is 3.02. The van der Waals surface area contributed by atoms with Crippen molar-refractivity contribution < 1.29 is 9.53 Å². The first-order valence-corrected chi connectivity index (χ1v) is 9.32. The summed E-state index contributed by atoms with van der Waals surface area (Å²) in [6.07, 6.45) is 1.36. The smallest absolute Gasteiger partial charge is 0.267 e. The quantitative estimate of drug-likeness (QED) is 0.456. The second kappa shape index (κ2) is 8.84. The lowest BCUT2D eigenvalue weighted by atomic mass is 10.2. The molecule has 0 unspecified atom stereocenters. The molecular weight excluding hydrogens is 372 g/mol. The summed E-state index contributed by atoms with van der Waals surface area (Å²) in [6.45, 7) is 3.87. The Morgan fingerprint density at radius 3 is 2.39 bits per heavy atom. The van der Waals surface area contributed by atoms with Crippen molar-refractivity contribution in [2.24, 2.45) is 0 Å². The van der Waals surface area contributed by atoms with E-state index in [1.807, 2.05) is 50.2 Å². The minimum absolute atomic E-state index is 0.0462. The van der Waals surface area contributed by atoms with E-state index < -0.39 is 5.91 Å². The fourth-order valence-electron chi connectivity index (χ4n) is 2.25. The monoisotopic (exact) mass is 390 g/mol. The number of anilines is 2. The molecule has 140 valence electrons. The summed E-state index contributed by atoms with van der Waals surface area (Å²) in [5.41, 5.74) is 1.43. The molecule has 1 heterocycles. The van der Waals surface area contributed by atoms with Crippen molar-refractivity contribution >= 4 is 28.1 Å². The van der Waals surface area contributed by atoms with Gasteiger partial charge in [-0.3, -0.25) is 4.79 Å². The molecule has 0 saturated heterocycles. The van der Waals surface area contributed by atoms with Gasteiger partial charge in [0, 0.05) is 16.8 Å². The van der Waals surface area contributed by atoms with Crippen LogP contribution in [0.3, 0.4) is 0 Å². The maximum absolute atomic E-state index is 12.3. The highest BCUT2D eigenvalue weighted by Crippen LogP contribution is 2.23. The molecule has 0 spiro atoms. The molecule has 0 bridgehead atoms. The zero-order valence-electron chi connectivity index (χ0n) is 15.4. The third-order valence-corrected chi connectivity index (χ3v) is 4.83. The lowest BCUT2D eigenvalue weighted by Crippen LogP contribution is -2.14. The molecule has 2 N–H and O–H groups in total. The van der Waals surface area contributed by atoms with E-state index >= 15 is 0 Å². The Bertz CT molecular complexity index is 1020. The fourth-order valence-corrected chi connectivity index (χ4v) is 3.03. The summed E-state index contributed by atoms with van der Waals surface area (Å²) in [4.78, 5) is 17.7. The van der Waals surface area contributed by atoms with Gasteiger partial charge in [-0.15, -0.1) is 11.3 Å². The number of para-hydroxylation sites is 1. The van der Waals surface area contributed by atoms with Crippen LogP contribution in [0.2, 0.25) is 0 Å². The van der Waals surface area contributed by atoms with Crippen molar-refractivity contribution in [2.75, 3.05) is 10.6 Å². The average molecular weight is 390 g/mol. The van der Waals surface area contributed by atoms with Crippen LogP contribution in [0.4, 0.5) is 10.8 Å². The van der Waals surface area contributed by atoms with Gasteiger partial charge >= 0.3 is 0 Å². The van der Waals surface area contributed by atoms with E-state index in [4.69, 9.17) is 4.74 Å². The molecule has 7 heteroatoms. The van der Waals surface area contributed by atoms with Crippen LogP contribution >= 0.6 is 11.3 Å². The third kappa shape index (κ3) is 4.96. The third-order valence-electron chi connectivity index (χ3n) is 3.82. The number of carbonyl (C=O) groups is 1. The second-order valence-electron chi connectivity index (χ2n) is 5.87. The maximum atomic E-state index is 12.3. The number of aromatic nitrogens is 1. The molecule has 28 heavy (non-hydrogen) atoms. The van der Waals surface area contributed by atoms with Crippen molar-refractivity contribution in [3.05, 3.63) is 76.9 Å². The number of nitriles is 1. The number of rotatable bonds is 6. The Balaban J connectivity index is 1.62. The first kappa shape index (κ1) is 19.1. The molecule has 0 aliphatic carbocycles. The summed E-state index contributed by atoms with van der Waals surface area (Å²) in [5, 5.41) is 15.5. The number of ether oxygens (including phenoxy) is 1. The van der Waals surface area contributed by atoms with Gasteiger partial charge < -0.3 is 15.4 Å². The van der Waals surface area contributed by atoms with E-state index in [-0.39, 0.29) is 5.57 Å². The highest BCUT2D eigenvalue weighted by atomic mass is 32.1. The van der Waals surface area contributed by atoms with E-state index in [0.717, 1.165) is 16.3 Å². The molecule has 0 aliphatic rings. The lowest BCUT2D eigenvalue weighted by Gasteiger charge is -2.08. The first-order chi connectivity index (χ1) is 13.5. The number of hydrogen-bond donors (Lipinski definition) is 2. The highest BCUT2D eigenvalue weighted by molar-refractivity contribution is 7.15. The van der Waals surface area contributed by atoms with E-state index in [9.17, 15) is 10.1 Å². The zero-order chi connectivity index (χ0) is 19.9. The summed E-state index contributed by atoms with van der Waals surface area (Å²) < 4.78 is 5.71. The summed E-state index contributed by atoms with van der Waals surface area (Å²) in [6, 6.07) is 18.2. The van der Waals surface area contributed by atoms with Gasteiger partial charge in [-0.05, 0) is 50.2 Å². The van der Waals surface area contributed by atoms with Crippen LogP contribution in [0.25, 0.3) is 0 Å². The standard InChI is InChI=1S/C21H18N4O2S/c1-14-15(2)28-21(24-14)23-13-16(12-22)20(26)25-17-8-10-19(11-9-17)27-18-6-4-3-5-7-18/h3-11,13H,1-2H3,(H,23,24)(H,25,26)/b16-13-. The Labute approximate surface area is 167 Å². The first-order valence-electron chi connectivity index (χ1n) is 8.50. The largest absolute Gasteiger partial charge is 0.457 e. The molecular formula is C21H18N4O2S. The number of hydrogen-bond acceptors (Lipinski definition) is 6. The Morgan fingerprint density at radius 1 is 1.11 bits per heavy atom. The molecule has 0 fully saturated rings. The lowest BCUT2D eigenvalue weighted by molar-refractivity contribution is -0.112. The van der Waals surface area contributed by atoms with Crippen LogP contribution in [0, 0.1) is 25.2 Å². The molecule has 1 amide bonds. The number of nitrogens with one attached hydrogen (secondary N) is 2. The molecule has 3 rings (SSSR count). The molecule has 1 aromatic heterocycles. The van der Waals surface area contributed by atoms with Gasteiger partial charge in [-0.25, -0.2) is 4.98 Å². The summed E-state index contributed by atoms with van der Waals surface area (Å²) in [5.74, 6) is 0.876. The molecule has 3 aromatic rings. The van der Waals surface area contributed by atoms with Gasteiger partial charge in [0.2, 0.25) is 0 Å². The highest BCUT2D eigenvalue weighted by Gasteiger charge is 2.10. The van der Waals surface area contributed by atoms with Crippen molar-refractivity contribution in [1.29, 1.82) is 5.26 Å². The van der Waals surface area contributed by atoms with Gasteiger partial charge in [-0.1, -0.05) is 18.2 Å². The Morgan fingerprint density at radius 2 is 1.79 bits per heavy atom. The van der Waals surface area contributed by atoms with E-state index in [0.29, 0.717) is 16.6 Å². The molecule has 0 saturated carbocycles. The van der Waals surface area contributed by atoms with Crippen LogP contribution in [-0.4, -0.2) is 10.9 Å². The fraction of sp³-hybridized carbons (Fsp3) is 0.0952. The van der Waals surface area contributed by atoms with E-state index in [1.165, 1.54) is 17.5 Å². The minimum Gasteiger partial charge on any atom is -0.457 e. The maximum Gasteiger partial charge on any atom is 0.267 e. The minimum atomic E-state index is -0.503.